The quantitative estimate of drug-likeness (QED) is 0.541. The summed E-state index contributed by atoms with van der Waals surface area (Å²) in [5, 5.41) is 0. The summed E-state index contributed by atoms with van der Waals surface area (Å²) in [6.07, 6.45) is 6.36. The van der Waals surface area contributed by atoms with Gasteiger partial charge in [0.15, 0.2) is 0 Å². The highest BCUT2D eigenvalue weighted by Crippen LogP contribution is 2.34. The van der Waals surface area contributed by atoms with Gasteiger partial charge in [0.1, 0.15) is 0 Å². The molecule has 0 fully saturated rings. The maximum absolute atomic E-state index is 13.3. The van der Waals surface area contributed by atoms with Crippen LogP contribution in [0.15, 0.2) is 24.4 Å². The monoisotopic (exact) mass is 370 g/mol. The van der Waals surface area contributed by atoms with Crippen LogP contribution in [0.4, 0.5) is 0 Å². The lowest BCUT2D eigenvalue weighted by Crippen LogP contribution is -2.27. The molecule has 1 atom stereocenters. The number of carbonyl (C=O) groups excluding carboxylic acids is 2. The van der Waals surface area contributed by atoms with E-state index >= 15 is 0 Å². The smallest absolute Gasteiger partial charge is 0.315 e. The van der Waals surface area contributed by atoms with Crippen LogP contribution >= 0.6 is 0 Å². The second kappa shape index (κ2) is 8.15. The van der Waals surface area contributed by atoms with Gasteiger partial charge in [-0.1, -0.05) is 13.3 Å². The molecule has 0 saturated heterocycles. The fourth-order valence-electron chi connectivity index (χ4n) is 3.96. The SMILES string of the molecule is CCCCc1cc2n(c1C(=O)c1cccn1C)CCCC2C(=O)OC(C)C. The van der Waals surface area contributed by atoms with Crippen LogP contribution in [0.2, 0.25) is 0 Å². The lowest BCUT2D eigenvalue weighted by Gasteiger charge is -2.25. The van der Waals surface area contributed by atoms with Crippen molar-refractivity contribution in [2.24, 2.45) is 7.05 Å². The highest BCUT2D eigenvalue weighted by Gasteiger charge is 2.33. The van der Waals surface area contributed by atoms with E-state index in [-0.39, 0.29) is 23.8 Å². The van der Waals surface area contributed by atoms with Crippen LogP contribution in [0.3, 0.4) is 0 Å². The highest BCUT2D eigenvalue weighted by molar-refractivity contribution is 6.08. The number of ketones is 1. The topological polar surface area (TPSA) is 53.2 Å². The number of esters is 1. The van der Waals surface area contributed by atoms with Gasteiger partial charge in [0.05, 0.1) is 23.4 Å². The van der Waals surface area contributed by atoms with Crippen molar-refractivity contribution in [2.45, 2.75) is 71.4 Å². The molecule has 0 amide bonds. The number of hydrogen-bond donors (Lipinski definition) is 0. The number of carbonyl (C=O) groups is 2. The Morgan fingerprint density at radius 2 is 2.11 bits per heavy atom. The summed E-state index contributed by atoms with van der Waals surface area (Å²) in [5.41, 5.74) is 3.43. The van der Waals surface area contributed by atoms with Gasteiger partial charge in [0.25, 0.3) is 0 Å². The van der Waals surface area contributed by atoms with E-state index in [1.165, 1.54) is 0 Å². The molecule has 0 aromatic carbocycles. The van der Waals surface area contributed by atoms with Crippen molar-refractivity contribution in [1.82, 2.24) is 9.13 Å². The maximum Gasteiger partial charge on any atom is 0.315 e. The molecule has 146 valence electrons. The van der Waals surface area contributed by atoms with Crippen molar-refractivity contribution >= 4 is 11.8 Å². The van der Waals surface area contributed by atoms with E-state index in [2.05, 4.69) is 17.6 Å². The minimum absolute atomic E-state index is 0.0396. The molecule has 1 aliphatic rings. The Balaban J connectivity index is 2.05. The number of hydrogen-bond acceptors (Lipinski definition) is 3. The molecule has 0 radical (unpaired) electrons. The van der Waals surface area contributed by atoms with Crippen molar-refractivity contribution in [2.75, 3.05) is 0 Å². The molecule has 1 aliphatic heterocycles. The van der Waals surface area contributed by atoms with E-state index in [0.29, 0.717) is 5.69 Å². The number of ether oxygens (including phenoxy) is 1. The fourth-order valence-corrected chi connectivity index (χ4v) is 3.96. The molecule has 5 heteroatoms. The Hall–Kier alpha value is -2.30. The van der Waals surface area contributed by atoms with Gasteiger partial charge < -0.3 is 13.9 Å². The van der Waals surface area contributed by atoms with Crippen molar-refractivity contribution in [3.05, 3.63) is 47.0 Å². The fraction of sp³-hybridized carbons (Fsp3) is 0.545. The van der Waals surface area contributed by atoms with Gasteiger partial charge in [-0.2, -0.15) is 0 Å². The van der Waals surface area contributed by atoms with Crippen molar-refractivity contribution < 1.29 is 14.3 Å². The van der Waals surface area contributed by atoms with Gasteiger partial charge in [-0.15, -0.1) is 0 Å². The van der Waals surface area contributed by atoms with Gasteiger partial charge in [0.2, 0.25) is 5.78 Å². The first-order valence-electron chi connectivity index (χ1n) is 10.0. The molecule has 3 heterocycles. The van der Waals surface area contributed by atoms with Crippen LogP contribution in [0, 0.1) is 0 Å². The van der Waals surface area contributed by atoms with Crippen LogP contribution in [0.1, 0.15) is 79.8 Å². The lowest BCUT2D eigenvalue weighted by molar-refractivity contribution is -0.149. The molecule has 0 aliphatic carbocycles. The number of nitrogens with zero attached hydrogens (tertiary/aromatic N) is 2. The van der Waals surface area contributed by atoms with Crippen LogP contribution in [0.25, 0.3) is 0 Å². The highest BCUT2D eigenvalue weighted by atomic mass is 16.5. The summed E-state index contributed by atoms with van der Waals surface area (Å²) < 4.78 is 9.43. The van der Waals surface area contributed by atoms with Gasteiger partial charge in [0, 0.05) is 25.5 Å². The van der Waals surface area contributed by atoms with Gasteiger partial charge >= 0.3 is 5.97 Å². The van der Waals surface area contributed by atoms with Gasteiger partial charge in [-0.3, -0.25) is 9.59 Å². The Morgan fingerprint density at radius 1 is 1.33 bits per heavy atom. The Kier molecular flexibility index (Phi) is 5.88. The molecule has 0 bridgehead atoms. The van der Waals surface area contributed by atoms with Crippen molar-refractivity contribution in [3.8, 4) is 0 Å². The largest absolute Gasteiger partial charge is 0.462 e. The standard InChI is InChI=1S/C22H30N2O3/c1-5-6-9-16-14-19-17(22(26)27-15(2)3)10-7-13-24(19)20(16)21(25)18-11-8-12-23(18)4/h8,11-12,14-15,17H,5-7,9-10,13H2,1-4H3. The summed E-state index contributed by atoms with van der Waals surface area (Å²) in [5.74, 6) is -0.419. The number of unbranched alkanes of at least 4 members (excludes halogenated alkanes) is 1. The number of aromatic nitrogens is 2. The predicted molar refractivity (Wildman–Crippen MR) is 105 cm³/mol. The van der Waals surface area contributed by atoms with E-state index in [0.717, 1.165) is 55.6 Å². The molecule has 0 saturated carbocycles. The molecule has 0 N–H and O–H groups in total. The van der Waals surface area contributed by atoms with Crippen LogP contribution in [-0.4, -0.2) is 27.0 Å². The maximum atomic E-state index is 13.3. The third-order valence-electron chi connectivity index (χ3n) is 5.27. The first-order valence-corrected chi connectivity index (χ1v) is 10.0. The first kappa shape index (κ1) is 19.5. The number of aryl methyl sites for hydroxylation is 2. The molecule has 1 unspecified atom stereocenters. The zero-order valence-electron chi connectivity index (χ0n) is 16.8. The van der Waals surface area contributed by atoms with Gasteiger partial charge in [-0.05, 0) is 63.3 Å². The second-order valence-electron chi connectivity index (χ2n) is 7.71. The Labute approximate surface area is 161 Å². The zero-order valence-corrected chi connectivity index (χ0v) is 16.8. The van der Waals surface area contributed by atoms with E-state index in [9.17, 15) is 9.59 Å². The molecule has 2 aromatic heterocycles. The van der Waals surface area contributed by atoms with Crippen molar-refractivity contribution in [3.63, 3.8) is 0 Å². The van der Waals surface area contributed by atoms with Crippen LogP contribution in [0.5, 0.6) is 0 Å². The first-order chi connectivity index (χ1) is 12.9. The zero-order chi connectivity index (χ0) is 19.6. The minimum Gasteiger partial charge on any atom is -0.462 e. The van der Waals surface area contributed by atoms with Crippen molar-refractivity contribution in [1.29, 1.82) is 0 Å². The third kappa shape index (κ3) is 3.87. The Bertz CT molecular complexity index is 829. The van der Waals surface area contributed by atoms with Crippen LogP contribution < -0.4 is 0 Å². The number of fused-ring (bicyclic) bond motifs is 1. The molecule has 0 spiro atoms. The van der Waals surface area contributed by atoms with E-state index in [1.54, 1.807) is 0 Å². The second-order valence-corrected chi connectivity index (χ2v) is 7.71. The lowest BCUT2D eigenvalue weighted by atomic mass is 9.96. The molecular formula is C22H30N2O3. The normalized spacial score (nSPS) is 16.4. The summed E-state index contributed by atoms with van der Waals surface area (Å²) in [4.78, 5) is 26.0. The van der Waals surface area contributed by atoms with Crippen LogP contribution in [-0.2, 0) is 29.5 Å². The summed E-state index contributed by atoms with van der Waals surface area (Å²) >= 11 is 0. The third-order valence-corrected chi connectivity index (χ3v) is 5.27. The minimum atomic E-state index is -0.281. The van der Waals surface area contributed by atoms with E-state index in [1.807, 2.05) is 43.8 Å². The molecule has 27 heavy (non-hydrogen) atoms. The summed E-state index contributed by atoms with van der Waals surface area (Å²) in [6, 6.07) is 5.83. The summed E-state index contributed by atoms with van der Waals surface area (Å²) in [6.45, 7) is 6.67. The Morgan fingerprint density at radius 3 is 2.74 bits per heavy atom. The van der Waals surface area contributed by atoms with Gasteiger partial charge in [-0.25, -0.2) is 0 Å². The number of rotatable bonds is 7. The van der Waals surface area contributed by atoms with E-state index < -0.39 is 0 Å². The average Bonchev–Trinajstić information content (AvgIpc) is 3.21. The molecule has 3 rings (SSSR count). The molecule has 2 aromatic rings. The molecular weight excluding hydrogens is 340 g/mol. The predicted octanol–water partition coefficient (Wildman–Crippen LogP) is 4.23. The molecule has 5 nitrogen and oxygen atoms in total. The summed E-state index contributed by atoms with van der Waals surface area (Å²) in [7, 11) is 1.89. The average molecular weight is 370 g/mol. The van der Waals surface area contributed by atoms with E-state index in [4.69, 9.17) is 4.74 Å².